The highest BCUT2D eigenvalue weighted by molar-refractivity contribution is 7.12. The second-order valence-corrected chi connectivity index (χ2v) is 9.40. The summed E-state index contributed by atoms with van der Waals surface area (Å²) in [6, 6.07) is 9.49. The Labute approximate surface area is 202 Å². The summed E-state index contributed by atoms with van der Waals surface area (Å²) >= 11 is 1.29. The molecule has 0 aliphatic heterocycles. The van der Waals surface area contributed by atoms with Gasteiger partial charge in [-0.1, -0.05) is 25.3 Å². The second-order valence-electron chi connectivity index (χ2n) is 8.46. The molecule has 34 heavy (non-hydrogen) atoms. The van der Waals surface area contributed by atoms with Gasteiger partial charge >= 0.3 is 0 Å². The molecule has 1 aliphatic carbocycles. The molecule has 0 saturated heterocycles. The summed E-state index contributed by atoms with van der Waals surface area (Å²) in [7, 11) is 0. The predicted molar refractivity (Wildman–Crippen MR) is 127 cm³/mol. The first kappa shape index (κ1) is 23.8. The van der Waals surface area contributed by atoms with Crippen LogP contribution in [0.1, 0.15) is 65.1 Å². The Balaban J connectivity index is 1.58. The summed E-state index contributed by atoms with van der Waals surface area (Å²) in [6.07, 6.45) is 6.65. The molecule has 1 fully saturated rings. The molecule has 1 atom stereocenters. The number of nitrogens with zero attached hydrogens (tertiary/aromatic N) is 1. The molecule has 0 bridgehead atoms. The number of hydrogen-bond acceptors (Lipinski definition) is 6. The molecule has 1 saturated carbocycles. The Morgan fingerprint density at radius 3 is 2.59 bits per heavy atom. The van der Waals surface area contributed by atoms with Crippen LogP contribution < -0.4 is 10.6 Å². The fourth-order valence-corrected chi connectivity index (χ4v) is 4.84. The third-order valence-electron chi connectivity index (χ3n) is 5.91. The molecule has 0 spiro atoms. The van der Waals surface area contributed by atoms with Crippen molar-refractivity contribution >= 4 is 29.1 Å². The van der Waals surface area contributed by atoms with Crippen molar-refractivity contribution in [3.05, 3.63) is 70.2 Å². The van der Waals surface area contributed by atoms with E-state index in [1.807, 2.05) is 0 Å². The SMILES string of the molecule is Cc1ccc([C@H](C(=O)NC2CCCCC2)N(Cc2ccco2)C(=O)CNC(=O)c2cccs2)o1. The average molecular weight is 484 g/mol. The molecule has 0 unspecified atom stereocenters. The summed E-state index contributed by atoms with van der Waals surface area (Å²) in [5, 5.41) is 7.58. The van der Waals surface area contributed by atoms with Gasteiger partial charge in [-0.3, -0.25) is 14.4 Å². The first-order valence-electron chi connectivity index (χ1n) is 11.5. The number of nitrogens with one attached hydrogen (secondary N) is 2. The van der Waals surface area contributed by atoms with Gasteiger partial charge in [0.15, 0.2) is 6.04 Å². The number of hydrogen-bond donors (Lipinski definition) is 2. The lowest BCUT2D eigenvalue weighted by atomic mass is 9.95. The van der Waals surface area contributed by atoms with E-state index in [0.717, 1.165) is 25.7 Å². The standard InChI is InChI=1S/C25H29N3O5S/c1-17-11-12-20(33-17)23(25(31)27-18-7-3-2-4-8-18)28(16-19-9-5-13-32-19)22(29)15-26-24(30)21-10-6-14-34-21/h5-6,9-14,18,23H,2-4,7-8,15-16H2,1H3,(H,26,30)(H,27,31)/t23-/m1/s1. The number of carbonyl (C=O) groups excluding carboxylic acids is 3. The van der Waals surface area contributed by atoms with Gasteiger partial charge in [-0.05, 0) is 55.5 Å². The van der Waals surface area contributed by atoms with Crippen molar-refractivity contribution in [3.8, 4) is 0 Å². The lowest BCUT2D eigenvalue weighted by molar-refractivity contribution is -0.142. The molecule has 1 aliphatic rings. The zero-order valence-electron chi connectivity index (χ0n) is 19.1. The molecule has 4 rings (SSSR count). The summed E-state index contributed by atoms with van der Waals surface area (Å²) in [5.74, 6) is 0.483. The van der Waals surface area contributed by atoms with Gasteiger partial charge in [0, 0.05) is 6.04 Å². The zero-order chi connectivity index (χ0) is 23.9. The molecule has 3 heterocycles. The van der Waals surface area contributed by atoms with E-state index in [-0.39, 0.29) is 30.9 Å². The van der Waals surface area contributed by atoms with Crippen molar-refractivity contribution < 1.29 is 23.2 Å². The van der Waals surface area contributed by atoms with Crippen molar-refractivity contribution in [3.63, 3.8) is 0 Å². The average Bonchev–Trinajstić information content (AvgIpc) is 3.61. The third-order valence-corrected chi connectivity index (χ3v) is 6.78. The van der Waals surface area contributed by atoms with E-state index in [0.29, 0.717) is 22.2 Å². The lowest BCUT2D eigenvalue weighted by Gasteiger charge is -2.31. The molecule has 9 heteroatoms. The molecule has 180 valence electrons. The Morgan fingerprint density at radius 2 is 1.94 bits per heavy atom. The minimum absolute atomic E-state index is 0.0587. The normalized spacial score (nSPS) is 15.0. The van der Waals surface area contributed by atoms with Crippen molar-refractivity contribution in [2.75, 3.05) is 6.54 Å². The van der Waals surface area contributed by atoms with E-state index in [9.17, 15) is 14.4 Å². The zero-order valence-corrected chi connectivity index (χ0v) is 19.9. The predicted octanol–water partition coefficient (Wildman–Crippen LogP) is 4.19. The Hall–Kier alpha value is -3.33. The monoisotopic (exact) mass is 483 g/mol. The highest BCUT2D eigenvalue weighted by Crippen LogP contribution is 2.27. The van der Waals surface area contributed by atoms with Crippen LogP contribution in [-0.4, -0.2) is 35.2 Å². The van der Waals surface area contributed by atoms with Gasteiger partial charge in [-0.2, -0.15) is 0 Å². The van der Waals surface area contributed by atoms with E-state index in [4.69, 9.17) is 8.83 Å². The maximum Gasteiger partial charge on any atom is 0.261 e. The van der Waals surface area contributed by atoms with Crippen LogP contribution >= 0.6 is 11.3 Å². The van der Waals surface area contributed by atoms with E-state index < -0.39 is 11.9 Å². The minimum Gasteiger partial charge on any atom is -0.467 e. The highest BCUT2D eigenvalue weighted by Gasteiger charge is 2.35. The van der Waals surface area contributed by atoms with Gasteiger partial charge < -0.3 is 24.4 Å². The van der Waals surface area contributed by atoms with E-state index in [1.54, 1.807) is 48.7 Å². The molecule has 0 aromatic carbocycles. The third kappa shape index (κ3) is 5.96. The molecule has 3 amide bonds. The number of thiophene rings is 1. The molecular weight excluding hydrogens is 454 g/mol. The summed E-state index contributed by atoms with van der Waals surface area (Å²) < 4.78 is 11.3. The summed E-state index contributed by atoms with van der Waals surface area (Å²) in [6.45, 7) is 1.59. The first-order valence-corrected chi connectivity index (χ1v) is 12.4. The summed E-state index contributed by atoms with van der Waals surface area (Å²) in [4.78, 5) is 41.3. The molecular formula is C25H29N3O5S. The van der Waals surface area contributed by atoms with E-state index >= 15 is 0 Å². The number of furan rings is 2. The number of amides is 3. The number of aryl methyl sites for hydroxylation is 1. The molecule has 2 N–H and O–H groups in total. The Bertz CT molecular complexity index is 1080. The van der Waals surface area contributed by atoms with Gasteiger partial charge in [-0.25, -0.2) is 0 Å². The number of carbonyl (C=O) groups is 3. The molecule has 0 radical (unpaired) electrons. The minimum atomic E-state index is -0.994. The largest absolute Gasteiger partial charge is 0.467 e. The van der Waals surface area contributed by atoms with Crippen LogP contribution in [-0.2, 0) is 16.1 Å². The van der Waals surface area contributed by atoms with Gasteiger partial charge in [-0.15, -0.1) is 11.3 Å². The number of rotatable bonds is 9. The maximum absolute atomic E-state index is 13.5. The van der Waals surface area contributed by atoms with Crippen LogP contribution in [0.15, 0.2) is 56.9 Å². The quantitative estimate of drug-likeness (QED) is 0.475. The van der Waals surface area contributed by atoms with Crippen LogP contribution in [0.3, 0.4) is 0 Å². The maximum atomic E-state index is 13.5. The fourth-order valence-electron chi connectivity index (χ4n) is 4.20. The summed E-state index contributed by atoms with van der Waals surface area (Å²) in [5.41, 5.74) is 0. The topological polar surface area (TPSA) is 105 Å². The van der Waals surface area contributed by atoms with Gasteiger partial charge in [0.2, 0.25) is 5.91 Å². The highest BCUT2D eigenvalue weighted by atomic mass is 32.1. The van der Waals surface area contributed by atoms with Gasteiger partial charge in [0.1, 0.15) is 17.3 Å². The first-order chi connectivity index (χ1) is 16.5. The molecule has 8 nitrogen and oxygen atoms in total. The van der Waals surface area contributed by atoms with E-state index in [2.05, 4.69) is 10.6 Å². The Morgan fingerprint density at radius 1 is 1.12 bits per heavy atom. The van der Waals surface area contributed by atoms with Crippen molar-refractivity contribution in [1.82, 2.24) is 15.5 Å². The van der Waals surface area contributed by atoms with E-state index in [1.165, 1.54) is 28.9 Å². The van der Waals surface area contributed by atoms with Crippen molar-refractivity contribution in [1.29, 1.82) is 0 Å². The Kier molecular flexibility index (Phi) is 7.84. The van der Waals surface area contributed by atoms with Crippen molar-refractivity contribution in [2.45, 2.75) is 57.7 Å². The van der Waals surface area contributed by atoms with Crippen LogP contribution in [0.5, 0.6) is 0 Å². The van der Waals surface area contributed by atoms with Crippen molar-refractivity contribution in [2.24, 2.45) is 0 Å². The van der Waals surface area contributed by atoms with Gasteiger partial charge in [0.05, 0.1) is 24.2 Å². The lowest BCUT2D eigenvalue weighted by Crippen LogP contribution is -2.49. The van der Waals surface area contributed by atoms with Crippen LogP contribution in [0.4, 0.5) is 0 Å². The van der Waals surface area contributed by atoms with Crippen LogP contribution in [0, 0.1) is 6.92 Å². The fraction of sp³-hybridized carbons (Fsp3) is 0.400. The smallest absolute Gasteiger partial charge is 0.261 e. The van der Waals surface area contributed by atoms with Crippen LogP contribution in [0.25, 0.3) is 0 Å². The van der Waals surface area contributed by atoms with Crippen LogP contribution in [0.2, 0.25) is 0 Å². The second kappa shape index (κ2) is 11.2. The van der Waals surface area contributed by atoms with Gasteiger partial charge in [0.25, 0.3) is 11.8 Å². The molecule has 3 aromatic rings. The molecule has 3 aromatic heterocycles.